The molecule has 2 heterocycles. The van der Waals surface area contributed by atoms with Crippen LogP contribution in [0.5, 0.6) is 0 Å². The number of thiazole rings is 1. The Labute approximate surface area is 200 Å². The van der Waals surface area contributed by atoms with E-state index in [9.17, 15) is 13.2 Å². The largest absolute Gasteiger partial charge is 0.462 e. The van der Waals surface area contributed by atoms with Gasteiger partial charge in [-0.3, -0.25) is 0 Å². The zero-order valence-corrected chi connectivity index (χ0v) is 20.3. The number of anilines is 1. The number of rotatable bonds is 6. The normalized spacial score (nSPS) is 15.3. The number of piperidine rings is 1. The molecule has 0 bridgehead atoms. The van der Waals surface area contributed by atoms with Gasteiger partial charge < -0.3 is 9.64 Å². The van der Waals surface area contributed by atoms with Crippen molar-refractivity contribution in [1.82, 2.24) is 9.71 Å². The minimum absolute atomic E-state index is 0.0160. The minimum Gasteiger partial charge on any atom is -0.462 e. The van der Waals surface area contributed by atoms with Crippen molar-refractivity contribution in [3.8, 4) is 0 Å². The first kappa shape index (κ1) is 23.3. The van der Waals surface area contributed by atoms with Gasteiger partial charge in [0.15, 0.2) is 5.13 Å². The fourth-order valence-corrected chi connectivity index (χ4v) is 6.68. The lowest BCUT2D eigenvalue weighted by Gasteiger charge is -2.32. The van der Waals surface area contributed by atoms with Gasteiger partial charge in [-0.1, -0.05) is 40.6 Å². The van der Waals surface area contributed by atoms with Crippen LogP contribution in [0.4, 0.5) is 5.13 Å². The number of nitrogens with one attached hydrogen (secondary N) is 1. The third-order valence-corrected chi connectivity index (χ3v) is 8.75. The fraction of sp³-hybridized carbons (Fsp3) is 0.333. The summed E-state index contributed by atoms with van der Waals surface area (Å²) in [6, 6.07) is 9.67. The second kappa shape index (κ2) is 9.52. The van der Waals surface area contributed by atoms with Crippen LogP contribution >= 0.6 is 34.5 Å². The van der Waals surface area contributed by atoms with Crippen LogP contribution in [0.2, 0.25) is 10.0 Å². The van der Waals surface area contributed by atoms with Crippen LogP contribution in [0, 0.1) is 0 Å². The van der Waals surface area contributed by atoms with Gasteiger partial charge in [0.05, 0.1) is 32.4 Å². The van der Waals surface area contributed by atoms with E-state index in [-0.39, 0.29) is 27.0 Å². The van der Waals surface area contributed by atoms with E-state index in [2.05, 4.69) is 14.6 Å². The summed E-state index contributed by atoms with van der Waals surface area (Å²) in [5.41, 5.74) is 1.32. The van der Waals surface area contributed by atoms with Crippen molar-refractivity contribution in [3.63, 3.8) is 0 Å². The van der Waals surface area contributed by atoms with Crippen molar-refractivity contribution in [3.05, 3.63) is 52.0 Å². The summed E-state index contributed by atoms with van der Waals surface area (Å²) in [5, 5.41) is 1.07. The van der Waals surface area contributed by atoms with E-state index >= 15 is 0 Å². The Morgan fingerprint density at radius 1 is 1.25 bits per heavy atom. The number of nitrogens with zero attached hydrogens (tertiary/aromatic N) is 2. The van der Waals surface area contributed by atoms with E-state index in [1.807, 2.05) is 6.07 Å². The van der Waals surface area contributed by atoms with Crippen LogP contribution in [-0.4, -0.2) is 45.1 Å². The Hall–Kier alpha value is -1.91. The van der Waals surface area contributed by atoms with E-state index < -0.39 is 10.0 Å². The van der Waals surface area contributed by atoms with Gasteiger partial charge in [-0.15, -0.1) is 0 Å². The van der Waals surface area contributed by atoms with E-state index in [4.69, 9.17) is 27.9 Å². The molecule has 4 rings (SSSR count). The average Bonchev–Trinajstić information content (AvgIpc) is 3.19. The maximum absolute atomic E-state index is 12.8. The Morgan fingerprint density at radius 3 is 2.72 bits per heavy atom. The first-order chi connectivity index (χ1) is 15.3. The second-order valence-electron chi connectivity index (χ2n) is 7.33. The number of fused-ring (bicyclic) bond motifs is 1. The molecule has 1 fully saturated rings. The molecule has 2 aromatic carbocycles. The number of carbonyl (C=O) groups is 1. The van der Waals surface area contributed by atoms with Crippen molar-refractivity contribution in [2.45, 2.75) is 30.7 Å². The molecule has 11 heteroatoms. The van der Waals surface area contributed by atoms with Gasteiger partial charge in [0.2, 0.25) is 10.0 Å². The van der Waals surface area contributed by atoms with Gasteiger partial charge in [-0.2, -0.15) is 0 Å². The van der Waals surface area contributed by atoms with Crippen molar-refractivity contribution in [1.29, 1.82) is 0 Å². The summed E-state index contributed by atoms with van der Waals surface area (Å²) >= 11 is 13.6. The van der Waals surface area contributed by atoms with Crippen LogP contribution in [0.25, 0.3) is 10.2 Å². The van der Waals surface area contributed by atoms with Gasteiger partial charge in [0.1, 0.15) is 4.90 Å². The summed E-state index contributed by atoms with van der Waals surface area (Å²) in [6.07, 6.45) is 1.25. The third-order valence-electron chi connectivity index (χ3n) is 5.18. The van der Waals surface area contributed by atoms with Crippen molar-refractivity contribution in [2.24, 2.45) is 0 Å². The number of ether oxygens (including phenoxy) is 1. The molecule has 1 aliphatic heterocycles. The van der Waals surface area contributed by atoms with E-state index in [1.165, 1.54) is 17.4 Å². The molecular weight excluding hydrogens is 493 g/mol. The standard InChI is InChI=1S/C21H21Cl2N3O4S2/c1-2-30-20(27)13-6-7-16-17(12-13)31-21(24-16)26-10-8-14(9-11-26)25-32(28,29)18-5-3-4-15(22)19(18)23/h3-7,12,14,25H,2,8-11H2,1H3. The number of aromatic nitrogens is 1. The lowest BCUT2D eigenvalue weighted by molar-refractivity contribution is 0.0526. The molecule has 170 valence electrons. The van der Waals surface area contributed by atoms with Crippen LogP contribution in [0.3, 0.4) is 0 Å². The molecule has 32 heavy (non-hydrogen) atoms. The summed E-state index contributed by atoms with van der Waals surface area (Å²) in [6.45, 7) is 3.41. The zero-order valence-electron chi connectivity index (χ0n) is 17.2. The fourth-order valence-electron chi connectivity index (χ4n) is 3.55. The van der Waals surface area contributed by atoms with Gasteiger partial charge in [0, 0.05) is 19.1 Å². The van der Waals surface area contributed by atoms with Crippen LogP contribution in [0.1, 0.15) is 30.1 Å². The summed E-state index contributed by atoms with van der Waals surface area (Å²) in [5.74, 6) is -0.350. The molecule has 0 unspecified atom stereocenters. The molecule has 0 aliphatic carbocycles. The third kappa shape index (κ3) is 4.87. The predicted molar refractivity (Wildman–Crippen MR) is 128 cm³/mol. The van der Waals surface area contributed by atoms with Crippen LogP contribution in [-0.2, 0) is 14.8 Å². The van der Waals surface area contributed by atoms with Crippen molar-refractivity contribution < 1.29 is 17.9 Å². The van der Waals surface area contributed by atoms with Gasteiger partial charge in [-0.25, -0.2) is 22.9 Å². The topological polar surface area (TPSA) is 88.6 Å². The summed E-state index contributed by atoms with van der Waals surface area (Å²) in [4.78, 5) is 18.8. The lowest BCUT2D eigenvalue weighted by Crippen LogP contribution is -2.44. The highest BCUT2D eigenvalue weighted by Crippen LogP contribution is 2.32. The number of carbonyl (C=O) groups excluding carboxylic acids is 1. The van der Waals surface area contributed by atoms with Crippen LogP contribution < -0.4 is 9.62 Å². The Kier molecular flexibility index (Phi) is 6.92. The zero-order chi connectivity index (χ0) is 22.9. The van der Waals surface area contributed by atoms with Crippen molar-refractivity contribution in [2.75, 3.05) is 24.6 Å². The average molecular weight is 514 g/mol. The Bertz CT molecular complexity index is 1260. The first-order valence-electron chi connectivity index (χ1n) is 10.1. The molecular formula is C21H21Cl2N3O4S2. The molecule has 0 spiro atoms. The number of hydrogen-bond donors (Lipinski definition) is 1. The number of benzene rings is 2. The smallest absolute Gasteiger partial charge is 0.338 e. The molecule has 7 nitrogen and oxygen atoms in total. The Morgan fingerprint density at radius 2 is 2.00 bits per heavy atom. The molecule has 3 aromatic rings. The van der Waals surface area contributed by atoms with Crippen LogP contribution in [0.15, 0.2) is 41.3 Å². The number of sulfonamides is 1. The Balaban J connectivity index is 1.43. The summed E-state index contributed by atoms with van der Waals surface area (Å²) < 4.78 is 34.2. The molecule has 1 N–H and O–H groups in total. The highest BCUT2D eigenvalue weighted by atomic mass is 35.5. The number of halogens is 2. The molecule has 1 saturated heterocycles. The van der Waals surface area contributed by atoms with E-state index in [1.54, 1.807) is 31.2 Å². The van der Waals surface area contributed by atoms with Gasteiger partial charge in [0.25, 0.3) is 0 Å². The predicted octanol–water partition coefficient (Wildman–Crippen LogP) is 4.73. The second-order valence-corrected chi connectivity index (χ2v) is 10.8. The summed E-state index contributed by atoms with van der Waals surface area (Å²) in [7, 11) is -3.78. The highest BCUT2D eigenvalue weighted by molar-refractivity contribution is 7.89. The molecule has 1 aromatic heterocycles. The number of esters is 1. The molecule has 1 aliphatic rings. The number of hydrogen-bond acceptors (Lipinski definition) is 7. The first-order valence-corrected chi connectivity index (χ1v) is 13.1. The maximum Gasteiger partial charge on any atom is 0.338 e. The molecule has 0 saturated carbocycles. The molecule has 0 atom stereocenters. The highest BCUT2D eigenvalue weighted by Gasteiger charge is 2.27. The lowest BCUT2D eigenvalue weighted by atomic mass is 10.1. The molecule has 0 radical (unpaired) electrons. The van der Waals surface area contributed by atoms with Gasteiger partial charge in [-0.05, 0) is 50.1 Å². The maximum atomic E-state index is 12.8. The van der Waals surface area contributed by atoms with Crippen molar-refractivity contribution >= 4 is 65.9 Å². The van der Waals surface area contributed by atoms with E-state index in [0.29, 0.717) is 38.1 Å². The van der Waals surface area contributed by atoms with Gasteiger partial charge >= 0.3 is 5.97 Å². The monoisotopic (exact) mass is 513 g/mol. The minimum atomic E-state index is -3.78. The van der Waals surface area contributed by atoms with E-state index in [0.717, 1.165) is 15.3 Å². The SMILES string of the molecule is CCOC(=O)c1ccc2nc(N3CCC(NS(=O)(=O)c4cccc(Cl)c4Cl)CC3)sc2c1. The quantitative estimate of drug-likeness (QED) is 0.479. The molecule has 0 amide bonds.